The van der Waals surface area contributed by atoms with Gasteiger partial charge in [0.15, 0.2) is 28.6 Å². The number of hydrogen-bond acceptors (Lipinski definition) is 14. The standard InChI is InChI=1S/C37H50N4O13S/c1-21(42)19-40(33(47)53-36(6,7)8)15-13-39-32(46)51-29-28-24(18-25(49-28)22(2)43)27(23-12-17-55-30(23)29)50-31(45)38-14-16-41(34(48)54-37(9,10)11)20-26(44)52-35(3,4)5/h12,17-18H,13-16,19-20H2,1-11H3,(H,38,45)(H,39,46). The molecule has 0 aliphatic carbocycles. The molecule has 0 aliphatic rings. The highest BCUT2D eigenvalue weighted by Crippen LogP contribution is 2.46. The van der Waals surface area contributed by atoms with Crippen molar-refractivity contribution in [2.45, 2.75) is 93.0 Å². The lowest BCUT2D eigenvalue weighted by Gasteiger charge is -2.28. The zero-order valence-electron chi connectivity index (χ0n) is 33.1. The van der Waals surface area contributed by atoms with Gasteiger partial charge < -0.3 is 38.7 Å². The number of esters is 1. The summed E-state index contributed by atoms with van der Waals surface area (Å²) in [5.41, 5.74) is -2.51. The molecule has 0 saturated heterocycles. The van der Waals surface area contributed by atoms with Gasteiger partial charge in [-0.1, -0.05) is 0 Å². The number of ether oxygens (including phenoxy) is 5. The Morgan fingerprint density at radius 3 is 1.65 bits per heavy atom. The maximum Gasteiger partial charge on any atom is 0.412 e. The van der Waals surface area contributed by atoms with E-state index in [1.54, 1.807) is 73.8 Å². The lowest BCUT2D eigenvalue weighted by molar-refractivity contribution is -0.156. The third-order valence-corrected chi connectivity index (χ3v) is 7.71. The summed E-state index contributed by atoms with van der Waals surface area (Å²) in [6, 6.07) is 2.98. The minimum Gasteiger partial charge on any atom is -0.459 e. The van der Waals surface area contributed by atoms with Gasteiger partial charge in [-0.05, 0) is 86.8 Å². The van der Waals surface area contributed by atoms with Crippen LogP contribution in [0.1, 0.15) is 86.7 Å². The molecule has 17 nitrogen and oxygen atoms in total. The average molecular weight is 791 g/mol. The quantitative estimate of drug-likeness (QED) is 0.109. The summed E-state index contributed by atoms with van der Waals surface area (Å²) < 4.78 is 33.7. The molecule has 302 valence electrons. The lowest BCUT2D eigenvalue weighted by atomic mass is 10.1. The summed E-state index contributed by atoms with van der Waals surface area (Å²) in [5, 5.41) is 7.26. The first-order valence-electron chi connectivity index (χ1n) is 17.4. The monoisotopic (exact) mass is 790 g/mol. The van der Waals surface area contributed by atoms with E-state index in [-0.39, 0.29) is 66.7 Å². The second kappa shape index (κ2) is 17.8. The molecule has 0 spiro atoms. The second-order valence-corrected chi connectivity index (χ2v) is 16.4. The molecule has 2 aromatic heterocycles. The Labute approximate surface area is 322 Å². The summed E-state index contributed by atoms with van der Waals surface area (Å²) in [4.78, 5) is 90.7. The van der Waals surface area contributed by atoms with Gasteiger partial charge in [-0.15, -0.1) is 11.3 Å². The molecular weight excluding hydrogens is 740 g/mol. The molecule has 4 amide bonds. The normalized spacial score (nSPS) is 11.8. The fourth-order valence-electron chi connectivity index (χ4n) is 4.78. The lowest BCUT2D eigenvalue weighted by Crippen LogP contribution is -2.45. The van der Waals surface area contributed by atoms with Gasteiger partial charge in [0.2, 0.25) is 0 Å². The molecule has 0 unspecified atom stereocenters. The minimum atomic E-state index is -0.938. The fraction of sp³-hybridized carbons (Fsp3) is 0.541. The molecular formula is C37H50N4O13S. The number of nitrogens with one attached hydrogen (secondary N) is 2. The van der Waals surface area contributed by atoms with Crippen LogP contribution in [0.5, 0.6) is 11.5 Å². The molecule has 0 atom stereocenters. The minimum absolute atomic E-state index is 0.00254. The smallest absolute Gasteiger partial charge is 0.412 e. The fourth-order valence-corrected chi connectivity index (χ4v) is 5.65. The molecule has 3 rings (SSSR count). The van der Waals surface area contributed by atoms with Gasteiger partial charge in [0, 0.05) is 38.5 Å². The number of nitrogens with zero attached hydrogens (tertiary/aromatic N) is 2. The van der Waals surface area contributed by atoms with Crippen molar-refractivity contribution in [1.82, 2.24) is 20.4 Å². The predicted octanol–water partition coefficient (Wildman–Crippen LogP) is 6.43. The maximum absolute atomic E-state index is 13.2. The van der Waals surface area contributed by atoms with Crippen molar-refractivity contribution in [2.75, 3.05) is 39.3 Å². The predicted molar refractivity (Wildman–Crippen MR) is 202 cm³/mol. The van der Waals surface area contributed by atoms with Crippen LogP contribution in [0.2, 0.25) is 0 Å². The zero-order chi connectivity index (χ0) is 41.5. The van der Waals surface area contributed by atoms with E-state index in [2.05, 4.69) is 10.6 Å². The summed E-state index contributed by atoms with van der Waals surface area (Å²) in [6.45, 7) is 16.6. The molecule has 0 fully saturated rings. The molecule has 0 radical (unpaired) electrons. The van der Waals surface area contributed by atoms with Crippen molar-refractivity contribution in [3.63, 3.8) is 0 Å². The number of thiophene rings is 1. The van der Waals surface area contributed by atoms with Crippen LogP contribution in [-0.4, -0.2) is 108 Å². The van der Waals surface area contributed by atoms with E-state index in [9.17, 15) is 33.6 Å². The number of carbonyl (C=O) groups is 7. The van der Waals surface area contributed by atoms with Crippen LogP contribution in [0.15, 0.2) is 21.9 Å². The number of hydrogen-bond donors (Lipinski definition) is 2. The Hall–Kier alpha value is -5.39. The number of amides is 4. The largest absolute Gasteiger partial charge is 0.459 e. The van der Waals surface area contributed by atoms with Gasteiger partial charge in [0.25, 0.3) is 0 Å². The van der Waals surface area contributed by atoms with Crippen molar-refractivity contribution in [1.29, 1.82) is 0 Å². The zero-order valence-corrected chi connectivity index (χ0v) is 33.9. The van der Waals surface area contributed by atoms with Crippen LogP contribution >= 0.6 is 11.3 Å². The van der Waals surface area contributed by atoms with E-state index in [0.717, 1.165) is 21.1 Å². The molecule has 0 bridgehead atoms. The van der Waals surface area contributed by atoms with Gasteiger partial charge in [-0.25, -0.2) is 19.2 Å². The number of carbonyl (C=O) groups excluding carboxylic acids is 7. The second-order valence-electron chi connectivity index (χ2n) is 15.5. The van der Waals surface area contributed by atoms with E-state index < -0.39 is 59.5 Å². The Morgan fingerprint density at radius 2 is 1.18 bits per heavy atom. The first kappa shape index (κ1) is 44.0. The van der Waals surface area contributed by atoms with Crippen LogP contribution in [0, 0.1) is 0 Å². The van der Waals surface area contributed by atoms with Gasteiger partial charge in [-0.3, -0.25) is 24.2 Å². The molecule has 0 aliphatic heterocycles. The Kier molecular flexibility index (Phi) is 14.3. The van der Waals surface area contributed by atoms with E-state index in [4.69, 9.17) is 28.1 Å². The van der Waals surface area contributed by atoms with Crippen LogP contribution in [-0.2, 0) is 23.8 Å². The molecule has 1 aromatic carbocycles. The van der Waals surface area contributed by atoms with Crippen LogP contribution < -0.4 is 20.1 Å². The molecule has 0 saturated carbocycles. The number of furan rings is 1. The highest BCUT2D eigenvalue weighted by Gasteiger charge is 2.29. The maximum atomic E-state index is 13.2. The SMILES string of the molecule is CC(=O)CN(CCNC(=O)Oc1c2oc(C(C)=O)cc2c(OC(=O)NCCN(CC(=O)OC(C)(C)C)C(=O)OC(C)(C)C)c2ccsc12)C(=O)OC(C)(C)C. The topological polar surface area (TPSA) is 209 Å². The first-order valence-corrected chi connectivity index (χ1v) is 18.3. The van der Waals surface area contributed by atoms with Crippen molar-refractivity contribution in [3.05, 3.63) is 23.3 Å². The van der Waals surface area contributed by atoms with Crippen LogP contribution in [0.3, 0.4) is 0 Å². The van der Waals surface area contributed by atoms with Crippen LogP contribution in [0.25, 0.3) is 21.1 Å². The summed E-state index contributed by atoms with van der Waals surface area (Å²) in [7, 11) is 0. The molecule has 55 heavy (non-hydrogen) atoms. The third-order valence-electron chi connectivity index (χ3n) is 6.79. The summed E-state index contributed by atoms with van der Waals surface area (Å²) >= 11 is 1.14. The Morgan fingerprint density at radius 1 is 0.691 bits per heavy atom. The Balaban J connectivity index is 1.80. The van der Waals surface area contributed by atoms with Crippen molar-refractivity contribution in [3.8, 4) is 11.5 Å². The molecule has 2 N–H and O–H groups in total. The number of Topliss-reactive ketones (excluding diaryl/α,β-unsaturated/α-hetero) is 2. The van der Waals surface area contributed by atoms with Gasteiger partial charge >= 0.3 is 30.3 Å². The highest BCUT2D eigenvalue weighted by atomic mass is 32.1. The van der Waals surface area contributed by atoms with E-state index in [1.807, 2.05) is 0 Å². The van der Waals surface area contributed by atoms with Gasteiger partial charge in [-0.2, -0.15) is 0 Å². The van der Waals surface area contributed by atoms with E-state index >= 15 is 0 Å². The molecule has 18 heteroatoms. The number of rotatable bonds is 13. The highest BCUT2D eigenvalue weighted by molar-refractivity contribution is 7.17. The van der Waals surface area contributed by atoms with Crippen LogP contribution in [0.4, 0.5) is 19.2 Å². The average Bonchev–Trinajstić information content (AvgIpc) is 3.67. The number of fused-ring (bicyclic) bond motifs is 2. The molecule has 3 aromatic rings. The van der Waals surface area contributed by atoms with E-state index in [0.29, 0.717) is 10.1 Å². The van der Waals surface area contributed by atoms with Gasteiger partial charge in [0.05, 0.1) is 16.6 Å². The summed E-state index contributed by atoms with van der Waals surface area (Å²) in [5.74, 6) is -1.56. The van der Waals surface area contributed by atoms with Crippen molar-refractivity contribution >= 4 is 74.3 Å². The first-order chi connectivity index (χ1) is 25.3. The summed E-state index contributed by atoms with van der Waals surface area (Å²) in [6.07, 6.45) is -3.39. The van der Waals surface area contributed by atoms with Crippen molar-refractivity contribution in [2.24, 2.45) is 0 Å². The van der Waals surface area contributed by atoms with Crippen molar-refractivity contribution < 1.29 is 61.7 Å². The van der Waals surface area contributed by atoms with E-state index in [1.165, 1.54) is 19.9 Å². The van der Waals surface area contributed by atoms with Gasteiger partial charge in [0.1, 0.15) is 29.1 Å². The third kappa shape index (κ3) is 13.8. The molecule has 2 heterocycles. The number of ketones is 2. The Bertz CT molecular complexity index is 1930. The number of benzene rings is 1.